The van der Waals surface area contributed by atoms with Gasteiger partial charge in [-0.25, -0.2) is 8.78 Å². The molecule has 2 aromatic carbocycles. The van der Waals surface area contributed by atoms with Gasteiger partial charge in [0.25, 0.3) is 0 Å². The molecule has 0 aromatic heterocycles. The number of aliphatic hydroxyl groups excluding tert-OH is 1. The maximum Gasteiger partial charge on any atom is 0.164 e. The molecule has 0 radical (unpaired) electrons. The molecule has 19 heavy (non-hydrogen) atoms. The third kappa shape index (κ3) is 2.99. The second-order valence-electron chi connectivity index (χ2n) is 4.78. The summed E-state index contributed by atoms with van der Waals surface area (Å²) in [6.07, 6.45) is -0.778. The summed E-state index contributed by atoms with van der Waals surface area (Å²) < 4.78 is 26.7. The van der Waals surface area contributed by atoms with Gasteiger partial charge >= 0.3 is 0 Å². The molecule has 1 unspecified atom stereocenters. The number of aliphatic hydroxyl groups is 1. The Labute approximate surface area is 111 Å². The Balaban J connectivity index is 2.23. The fourth-order valence-electron chi connectivity index (χ4n) is 2.04. The van der Waals surface area contributed by atoms with Gasteiger partial charge < -0.3 is 5.11 Å². The number of rotatable bonds is 3. The summed E-state index contributed by atoms with van der Waals surface area (Å²) in [6, 6.07) is 9.65. The molecule has 1 N–H and O–H groups in total. The standard InChI is InChI=1S/C16H16F2O/c1-10-6-7-12(8-11(10)2)9-15(19)13-4-3-5-14(17)16(13)18/h3-8,15,19H,9H2,1-2H3. The second-order valence-corrected chi connectivity index (χ2v) is 4.78. The lowest BCUT2D eigenvalue weighted by Gasteiger charge is -2.13. The summed E-state index contributed by atoms with van der Waals surface area (Å²) in [5.41, 5.74) is 3.18. The lowest BCUT2D eigenvalue weighted by atomic mass is 9.98. The first-order valence-electron chi connectivity index (χ1n) is 6.17. The second kappa shape index (κ2) is 5.49. The predicted octanol–water partition coefficient (Wildman–Crippen LogP) is 3.86. The number of benzene rings is 2. The third-order valence-corrected chi connectivity index (χ3v) is 3.34. The molecule has 0 bridgehead atoms. The molecule has 0 saturated carbocycles. The van der Waals surface area contributed by atoms with Crippen LogP contribution in [-0.4, -0.2) is 5.11 Å². The largest absolute Gasteiger partial charge is 0.388 e. The van der Waals surface area contributed by atoms with Crippen molar-refractivity contribution in [3.63, 3.8) is 0 Å². The molecule has 0 saturated heterocycles. The van der Waals surface area contributed by atoms with Crippen LogP contribution in [0.1, 0.15) is 28.4 Å². The van der Waals surface area contributed by atoms with Gasteiger partial charge in [0.2, 0.25) is 0 Å². The molecule has 3 heteroatoms. The highest BCUT2D eigenvalue weighted by molar-refractivity contribution is 5.31. The molecule has 1 nitrogen and oxygen atoms in total. The van der Waals surface area contributed by atoms with Crippen molar-refractivity contribution in [3.8, 4) is 0 Å². The zero-order valence-electron chi connectivity index (χ0n) is 11.0. The molecule has 0 aliphatic carbocycles. The molecule has 0 spiro atoms. The van der Waals surface area contributed by atoms with Crippen LogP contribution in [0.4, 0.5) is 8.78 Å². The van der Waals surface area contributed by atoms with Crippen molar-refractivity contribution in [1.29, 1.82) is 0 Å². The minimum Gasteiger partial charge on any atom is -0.388 e. The van der Waals surface area contributed by atoms with Gasteiger partial charge in [0.05, 0.1) is 6.10 Å². The molecular weight excluding hydrogens is 246 g/mol. The zero-order chi connectivity index (χ0) is 14.0. The minimum atomic E-state index is -1.04. The SMILES string of the molecule is Cc1ccc(CC(O)c2cccc(F)c2F)cc1C. The maximum absolute atomic E-state index is 13.6. The summed E-state index contributed by atoms with van der Waals surface area (Å²) >= 11 is 0. The normalized spacial score (nSPS) is 12.5. The van der Waals surface area contributed by atoms with Crippen LogP contribution in [0, 0.1) is 25.5 Å². The number of hydrogen-bond acceptors (Lipinski definition) is 1. The molecule has 0 aliphatic rings. The number of aryl methyl sites for hydroxylation is 2. The Morgan fingerprint density at radius 2 is 1.79 bits per heavy atom. The van der Waals surface area contributed by atoms with Gasteiger partial charge in [-0.1, -0.05) is 30.3 Å². The van der Waals surface area contributed by atoms with Gasteiger partial charge in [-0.2, -0.15) is 0 Å². The summed E-state index contributed by atoms with van der Waals surface area (Å²) in [6.45, 7) is 3.98. The van der Waals surface area contributed by atoms with Crippen LogP contribution >= 0.6 is 0 Å². The van der Waals surface area contributed by atoms with E-state index in [0.717, 1.165) is 22.8 Å². The van der Waals surface area contributed by atoms with E-state index in [9.17, 15) is 13.9 Å². The quantitative estimate of drug-likeness (QED) is 0.890. The van der Waals surface area contributed by atoms with Crippen molar-refractivity contribution in [2.45, 2.75) is 26.4 Å². The zero-order valence-corrected chi connectivity index (χ0v) is 11.0. The Morgan fingerprint density at radius 3 is 2.47 bits per heavy atom. The first kappa shape index (κ1) is 13.7. The lowest BCUT2D eigenvalue weighted by Crippen LogP contribution is -2.06. The Bertz CT molecular complexity index is 593. The molecule has 2 rings (SSSR count). The monoisotopic (exact) mass is 262 g/mol. The smallest absolute Gasteiger partial charge is 0.164 e. The Hall–Kier alpha value is -1.74. The van der Waals surface area contributed by atoms with Crippen LogP contribution in [0.3, 0.4) is 0 Å². The topological polar surface area (TPSA) is 20.2 Å². The van der Waals surface area contributed by atoms with Crippen molar-refractivity contribution >= 4 is 0 Å². The Kier molecular flexibility index (Phi) is 3.96. The van der Waals surface area contributed by atoms with Gasteiger partial charge in [0.15, 0.2) is 11.6 Å². The summed E-state index contributed by atoms with van der Waals surface area (Å²) in [5.74, 6) is -1.91. The van der Waals surface area contributed by atoms with Gasteiger partial charge in [-0.15, -0.1) is 0 Å². The fourth-order valence-corrected chi connectivity index (χ4v) is 2.04. The van der Waals surface area contributed by atoms with E-state index >= 15 is 0 Å². The number of halogens is 2. The maximum atomic E-state index is 13.6. The Morgan fingerprint density at radius 1 is 1.05 bits per heavy atom. The highest BCUT2D eigenvalue weighted by Crippen LogP contribution is 2.23. The molecule has 0 fully saturated rings. The average molecular weight is 262 g/mol. The molecule has 1 atom stereocenters. The van der Waals surface area contributed by atoms with Gasteiger partial charge in [-0.05, 0) is 36.6 Å². The van der Waals surface area contributed by atoms with E-state index in [-0.39, 0.29) is 12.0 Å². The molecule has 0 amide bonds. The average Bonchev–Trinajstić information content (AvgIpc) is 2.37. The van der Waals surface area contributed by atoms with Crippen LogP contribution < -0.4 is 0 Å². The third-order valence-electron chi connectivity index (χ3n) is 3.34. The summed E-state index contributed by atoms with van der Waals surface area (Å²) in [4.78, 5) is 0. The van der Waals surface area contributed by atoms with Crippen LogP contribution in [-0.2, 0) is 6.42 Å². The molecule has 100 valence electrons. The lowest BCUT2D eigenvalue weighted by molar-refractivity contribution is 0.172. The van der Waals surface area contributed by atoms with Gasteiger partial charge in [0, 0.05) is 12.0 Å². The van der Waals surface area contributed by atoms with Crippen LogP contribution in [0.5, 0.6) is 0 Å². The van der Waals surface area contributed by atoms with Crippen molar-refractivity contribution in [2.24, 2.45) is 0 Å². The predicted molar refractivity (Wildman–Crippen MR) is 70.9 cm³/mol. The highest BCUT2D eigenvalue weighted by Gasteiger charge is 2.16. The molecule has 2 aromatic rings. The van der Waals surface area contributed by atoms with Crippen molar-refractivity contribution in [3.05, 3.63) is 70.3 Å². The highest BCUT2D eigenvalue weighted by atomic mass is 19.2. The fraction of sp³-hybridized carbons (Fsp3) is 0.250. The minimum absolute atomic E-state index is 0.00164. The summed E-state index contributed by atoms with van der Waals surface area (Å²) in [7, 11) is 0. The van der Waals surface area contributed by atoms with Gasteiger partial charge in [0.1, 0.15) is 0 Å². The van der Waals surface area contributed by atoms with E-state index in [4.69, 9.17) is 0 Å². The van der Waals surface area contributed by atoms with Gasteiger partial charge in [-0.3, -0.25) is 0 Å². The van der Waals surface area contributed by atoms with Crippen molar-refractivity contribution in [1.82, 2.24) is 0 Å². The van der Waals surface area contributed by atoms with E-state index in [1.807, 2.05) is 32.0 Å². The molecule has 0 aliphatic heterocycles. The van der Waals surface area contributed by atoms with E-state index in [0.29, 0.717) is 0 Å². The summed E-state index contributed by atoms with van der Waals surface area (Å²) in [5, 5.41) is 10.0. The van der Waals surface area contributed by atoms with E-state index in [1.54, 1.807) is 0 Å². The van der Waals surface area contributed by atoms with Crippen LogP contribution in [0.25, 0.3) is 0 Å². The van der Waals surface area contributed by atoms with Crippen LogP contribution in [0.15, 0.2) is 36.4 Å². The molecular formula is C16H16F2O. The van der Waals surface area contributed by atoms with E-state index in [1.165, 1.54) is 12.1 Å². The van der Waals surface area contributed by atoms with Crippen molar-refractivity contribution in [2.75, 3.05) is 0 Å². The molecule has 0 heterocycles. The van der Waals surface area contributed by atoms with E-state index < -0.39 is 17.7 Å². The number of hydrogen-bond donors (Lipinski definition) is 1. The van der Waals surface area contributed by atoms with Crippen molar-refractivity contribution < 1.29 is 13.9 Å². The first-order valence-corrected chi connectivity index (χ1v) is 6.17. The van der Waals surface area contributed by atoms with E-state index in [2.05, 4.69) is 0 Å². The van der Waals surface area contributed by atoms with Crippen LogP contribution in [0.2, 0.25) is 0 Å². The first-order chi connectivity index (χ1) is 8.99.